The van der Waals surface area contributed by atoms with E-state index in [2.05, 4.69) is 20.9 Å². The molecule has 0 bridgehead atoms. The molecule has 3 rings (SSSR count). The first-order chi connectivity index (χ1) is 9.56. The van der Waals surface area contributed by atoms with Gasteiger partial charge >= 0.3 is 11.7 Å². The minimum atomic E-state index is -0.534. The van der Waals surface area contributed by atoms with Crippen molar-refractivity contribution in [2.75, 3.05) is 0 Å². The summed E-state index contributed by atoms with van der Waals surface area (Å²) < 4.78 is 7.61. The number of benzene rings is 1. The Bertz CT molecular complexity index is 816. The maximum atomic E-state index is 11.2. The lowest BCUT2D eigenvalue weighted by molar-refractivity contribution is -0.391. The first-order valence-electron chi connectivity index (χ1n) is 5.29. The van der Waals surface area contributed by atoms with Gasteiger partial charge in [-0.15, -0.1) is 0 Å². The van der Waals surface area contributed by atoms with E-state index in [1.807, 2.05) is 0 Å². The Hall–Kier alpha value is -1.64. The highest BCUT2D eigenvalue weighted by atomic mass is 79.9. The van der Waals surface area contributed by atoms with Crippen LogP contribution in [0, 0.1) is 10.1 Å². The summed E-state index contributed by atoms with van der Waals surface area (Å²) in [5.41, 5.74) is 0. The summed E-state index contributed by atoms with van der Waals surface area (Å²) in [6, 6.07) is 5.00. The Morgan fingerprint density at radius 2 is 2.30 bits per heavy atom. The number of hydrogen-bond donors (Lipinski definition) is 0. The molecule has 2 aromatic heterocycles. The van der Waals surface area contributed by atoms with Gasteiger partial charge in [0.2, 0.25) is 0 Å². The summed E-state index contributed by atoms with van der Waals surface area (Å²) in [5.74, 6) is -0.00552. The van der Waals surface area contributed by atoms with Crippen LogP contribution in [-0.4, -0.2) is 14.3 Å². The number of nitrogens with zero attached hydrogens (tertiary/aromatic N) is 3. The number of hydrogen-bond acceptors (Lipinski definition) is 5. The van der Waals surface area contributed by atoms with E-state index in [1.165, 1.54) is 15.7 Å². The molecule has 0 aliphatic rings. The molecule has 0 saturated carbocycles. The van der Waals surface area contributed by atoms with Crippen LogP contribution in [0.25, 0.3) is 4.96 Å². The van der Waals surface area contributed by atoms with E-state index in [9.17, 15) is 10.1 Å². The lowest BCUT2D eigenvalue weighted by Crippen LogP contribution is -1.95. The Labute approximate surface area is 129 Å². The van der Waals surface area contributed by atoms with Crippen LogP contribution in [0.3, 0.4) is 0 Å². The van der Waals surface area contributed by atoms with E-state index in [1.54, 1.807) is 29.8 Å². The third-order valence-electron chi connectivity index (χ3n) is 2.48. The van der Waals surface area contributed by atoms with E-state index in [-0.39, 0.29) is 11.7 Å². The molecule has 0 atom stereocenters. The second-order valence-electron chi connectivity index (χ2n) is 3.73. The topological polar surface area (TPSA) is 69.7 Å². The molecule has 0 fully saturated rings. The lowest BCUT2D eigenvalue weighted by atomic mass is 10.3. The van der Waals surface area contributed by atoms with Crippen LogP contribution in [0.2, 0.25) is 5.02 Å². The van der Waals surface area contributed by atoms with Crippen LogP contribution >= 0.6 is 38.9 Å². The number of ether oxygens (including phenoxy) is 1. The van der Waals surface area contributed by atoms with Gasteiger partial charge < -0.3 is 14.9 Å². The van der Waals surface area contributed by atoms with Crippen molar-refractivity contribution in [1.82, 2.24) is 9.38 Å². The lowest BCUT2D eigenvalue weighted by Gasteiger charge is -2.05. The SMILES string of the molecule is O=[N+]([O-])c1c(Oc2cc(Br)ccc2Cl)nc2sccn12. The number of halogens is 2. The molecule has 0 spiro atoms. The zero-order valence-electron chi connectivity index (χ0n) is 9.62. The maximum Gasteiger partial charge on any atom is 0.393 e. The third-order valence-corrected chi connectivity index (χ3v) is 4.04. The van der Waals surface area contributed by atoms with Gasteiger partial charge in [-0.25, -0.2) is 0 Å². The summed E-state index contributed by atoms with van der Waals surface area (Å²) in [7, 11) is 0. The zero-order valence-corrected chi connectivity index (χ0v) is 12.8. The maximum absolute atomic E-state index is 11.2. The quantitative estimate of drug-likeness (QED) is 0.499. The molecule has 2 heterocycles. The van der Waals surface area contributed by atoms with Crippen LogP contribution in [0.15, 0.2) is 34.2 Å². The molecule has 0 amide bonds. The number of fused-ring (bicyclic) bond motifs is 1. The van der Waals surface area contributed by atoms with E-state index >= 15 is 0 Å². The van der Waals surface area contributed by atoms with E-state index in [0.29, 0.717) is 15.7 Å². The van der Waals surface area contributed by atoms with Gasteiger partial charge in [0.15, 0.2) is 0 Å². The largest absolute Gasteiger partial charge is 0.431 e. The number of imidazole rings is 1. The molecule has 0 aliphatic carbocycles. The highest BCUT2D eigenvalue weighted by molar-refractivity contribution is 9.10. The fourth-order valence-electron chi connectivity index (χ4n) is 1.65. The Kier molecular flexibility index (Phi) is 3.36. The van der Waals surface area contributed by atoms with E-state index in [4.69, 9.17) is 16.3 Å². The molecule has 9 heteroatoms. The van der Waals surface area contributed by atoms with Crippen molar-refractivity contribution in [3.05, 3.63) is 49.4 Å². The van der Waals surface area contributed by atoms with Crippen molar-refractivity contribution in [3.63, 3.8) is 0 Å². The van der Waals surface area contributed by atoms with E-state index < -0.39 is 4.92 Å². The summed E-state index contributed by atoms with van der Waals surface area (Å²) in [4.78, 5) is 15.2. The van der Waals surface area contributed by atoms with Crippen molar-refractivity contribution in [3.8, 4) is 11.6 Å². The van der Waals surface area contributed by atoms with Crippen LogP contribution in [0.4, 0.5) is 5.82 Å². The highest BCUT2D eigenvalue weighted by Gasteiger charge is 2.26. The fourth-order valence-corrected chi connectivity index (χ4v) is 2.85. The number of rotatable bonds is 3. The Morgan fingerprint density at radius 1 is 1.50 bits per heavy atom. The average molecular weight is 375 g/mol. The second kappa shape index (κ2) is 5.04. The Morgan fingerprint density at radius 3 is 3.05 bits per heavy atom. The summed E-state index contributed by atoms with van der Waals surface area (Å²) in [6.07, 6.45) is 1.57. The van der Waals surface area contributed by atoms with Gasteiger partial charge in [-0.1, -0.05) is 38.9 Å². The number of thiazole rings is 1. The van der Waals surface area contributed by atoms with Gasteiger partial charge in [-0.2, -0.15) is 9.38 Å². The van der Waals surface area contributed by atoms with Crippen molar-refractivity contribution in [1.29, 1.82) is 0 Å². The number of aromatic nitrogens is 2. The Balaban J connectivity index is 2.10. The van der Waals surface area contributed by atoms with Crippen LogP contribution < -0.4 is 4.74 Å². The predicted molar refractivity (Wildman–Crippen MR) is 78.9 cm³/mol. The third kappa shape index (κ3) is 2.26. The summed E-state index contributed by atoms with van der Waals surface area (Å²) >= 11 is 10.6. The molecule has 0 radical (unpaired) electrons. The molecule has 6 nitrogen and oxygen atoms in total. The summed E-state index contributed by atoms with van der Waals surface area (Å²) in [5, 5.41) is 13.2. The van der Waals surface area contributed by atoms with Crippen molar-refractivity contribution >= 4 is 49.6 Å². The van der Waals surface area contributed by atoms with Gasteiger partial charge in [-0.3, -0.25) is 0 Å². The minimum absolute atomic E-state index is 0.0816. The van der Waals surface area contributed by atoms with Gasteiger partial charge in [0, 0.05) is 9.85 Å². The first kappa shape index (κ1) is 13.3. The van der Waals surface area contributed by atoms with Crippen LogP contribution in [0.5, 0.6) is 11.6 Å². The second-order valence-corrected chi connectivity index (χ2v) is 5.93. The number of nitro groups is 1. The molecule has 20 heavy (non-hydrogen) atoms. The molecule has 0 aliphatic heterocycles. The highest BCUT2D eigenvalue weighted by Crippen LogP contribution is 2.37. The molecule has 1 aromatic carbocycles. The van der Waals surface area contributed by atoms with Crippen molar-refractivity contribution in [2.45, 2.75) is 0 Å². The normalized spacial score (nSPS) is 10.9. The summed E-state index contributed by atoms with van der Waals surface area (Å²) in [6.45, 7) is 0. The average Bonchev–Trinajstić information content (AvgIpc) is 2.93. The van der Waals surface area contributed by atoms with E-state index in [0.717, 1.165) is 4.47 Å². The molecular weight excluding hydrogens is 370 g/mol. The molecule has 0 N–H and O–H groups in total. The molecule has 102 valence electrons. The standard InChI is InChI=1S/C11H5BrClN3O3S/c12-6-1-2-7(13)8(5-6)19-9-10(16(17)18)15-3-4-20-11(15)14-9/h1-5H. The molecule has 0 saturated heterocycles. The first-order valence-corrected chi connectivity index (χ1v) is 7.34. The van der Waals surface area contributed by atoms with Gasteiger partial charge in [0.25, 0.3) is 4.96 Å². The molecule has 3 aromatic rings. The smallest absolute Gasteiger partial charge is 0.393 e. The van der Waals surface area contributed by atoms with Crippen LogP contribution in [-0.2, 0) is 0 Å². The molecular formula is C11H5BrClN3O3S. The van der Waals surface area contributed by atoms with Crippen molar-refractivity contribution < 1.29 is 9.66 Å². The van der Waals surface area contributed by atoms with Gasteiger partial charge in [0.05, 0.1) is 5.02 Å². The fraction of sp³-hybridized carbons (Fsp3) is 0. The molecule has 0 unspecified atom stereocenters. The zero-order chi connectivity index (χ0) is 14.3. The van der Waals surface area contributed by atoms with Crippen LogP contribution in [0.1, 0.15) is 0 Å². The minimum Gasteiger partial charge on any atom is -0.431 e. The predicted octanol–water partition coefficient (Wildman–Crippen LogP) is 4.51. The van der Waals surface area contributed by atoms with Gasteiger partial charge in [-0.05, 0) is 23.1 Å². The monoisotopic (exact) mass is 373 g/mol. The van der Waals surface area contributed by atoms with Crippen molar-refractivity contribution in [2.24, 2.45) is 0 Å². The van der Waals surface area contributed by atoms with Gasteiger partial charge in [0.1, 0.15) is 11.9 Å².